The first-order valence-electron chi connectivity index (χ1n) is 5.84. The van der Waals surface area contributed by atoms with Crippen molar-refractivity contribution in [2.45, 2.75) is 13.3 Å². The van der Waals surface area contributed by atoms with Crippen molar-refractivity contribution in [1.29, 1.82) is 0 Å². The molecule has 100 valence electrons. The second-order valence-corrected chi connectivity index (χ2v) is 4.94. The zero-order valence-corrected chi connectivity index (χ0v) is 11.2. The van der Waals surface area contributed by atoms with E-state index in [1.807, 2.05) is 31.2 Å². The number of nitrogens with zero attached hydrogens (tertiary/aromatic N) is 1. The molecule has 0 bridgehead atoms. The second-order valence-electron chi connectivity index (χ2n) is 3.91. The third kappa shape index (κ3) is 3.03. The lowest BCUT2D eigenvalue weighted by Crippen LogP contribution is -1.99. The van der Waals surface area contributed by atoms with Crippen molar-refractivity contribution in [3.8, 4) is 16.2 Å². The van der Waals surface area contributed by atoms with Crippen LogP contribution in [-0.2, 0) is 0 Å². The summed E-state index contributed by atoms with van der Waals surface area (Å²) in [6.45, 7) is 2.70. The minimum Gasteiger partial charge on any atom is -0.494 e. The van der Waals surface area contributed by atoms with E-state index in [1.165, 1.54) is 0 Å². The van der Waals surface area contributed by atoms with E-state index in [4.69, 9.17) is 15.6 Å². The van der Waals surface area contributed by atoms with E-state index in [0.29, 0.717) is 11.5 Å². The largest absolute Gasteiger partial charge is 0.494 e. The lowest BCUT2D eigenvalue weighted by molar-refractivity contribution is 0.0692. The smallest absolute Gasteiger partial charge is 0.356 e. The van der Waals surface area contributed by atoms with Crippen molar-refractivity contribution >= 4 is 22.4 Å². The number of aromatic nitrogens is 1. The maximum atomic E-state index is 11.1. The normalized spacial score (nSPS) is 10.4. The van der Waals surface area contributed by atoms with Crippen molar-refractivity contribution in [2.75, 3.05) is 12.3 Å². The molecule has 0 fully saturated rings. The molecule has 6 heteroatoms. The van der Waals surface area contributed by atoms with Crippen molar-refractivity contribution in [1.82, 2.24) is 4.98 Å². The summed E-state index contributed by atoms with van der Waals surface area (Å²) >= 11 is 1.16. The molecule has 1 heterocycles. The van der Waals surface area contributed by atoms with Crippen LogP contribution in [0.15, 0.2) is 24.3 Å². The number of thiazole rings is 1. The highest BCUT2D eigenvalue weighted by Gasteiger charge is 2.17. The van der Waals surface area contributed by atoms with Gasteiger partial charge in [-0.15, -0.1) is 0 Å². The topological polar surface area (TPSA) is 85.4 Å². The standard InChI is InChI=1S/C13H14N2O3S/c1-2-7-18-9-5-3-8(4-6-9)11-10(12(16)17)15-13(14)19-11/h3-6H,2,7H2,1H3,(H2,14,15)(H,16,17). The number of carbonyl (C=O) groups is 1. The monoisotopic (exact) mass is 278 g/mol. The van der Waals surface area contributed by atoms with Gasteiger partial charge in [0.2, 0.25) is 0 Å². The SMILES string of the molecule is CCCOc1ccc(-c2sc(N)nc2C(=O)O)cc1. The number of nitrogens with two attached hydrogens (primary N) is 1. The number of nitrogen functional groups attached to an aromatic ring is 1. The number of aromatic carboxylic acids is 1. The van der Waals surface area contributed by atoms with Gasteiger partial charge in [0.05, 0.1) is 11.5 Å². The van der Waals surface area contributed by atoms with Crippen LogP contribution in [0.3, 0.4) is 0 Å². The Morgan fingerprint density at radius 3 is 2.68 bits per heavy atom. The number of carboxylic acids is 1. The van der Waals surface area contributed by atoms with Crippen LogP contribution < -0.4 is 10.5 Å². The summed E-state index contributed by atoms with van der Waals surface area (Å²) < 4.78 is 5.48. The number of ether oxygens (including phenoxy) is 1. The molecule has 0 unspecified atom stereocenters. The number of anilines is 1. The third-order valence-corrected chi connectivity index (χ3v) is 3.37. The van der Waals surface area contributed by atoms with Crippen LogP contribution in [0.1, 0.15) is 23.8 Å². The Bertz CT molecular complexity index is 578. The molecule has 1 aromatic heterocycles. The fraction of sp³-hybridized carbons (Fsp3) is 0.231. The molecule has 19 heavy (non-hydrogen) atoms. The second kappa shape index (κ2) is 5.71. The van der Waals surface area contributed by atoms with Crippen LogP contribution >= 0.6 is 11.3 Å². The summed E-state index contributed by atoms with van der Waals surface area (Å²) in [4.78, 5) is 15.5. The maximum Gasteiger partial charge on any atom is 0.356 e. The quantitative estimate of drug-likeness (QED) is 0.878. The zero-order chi connectivity index (χ0) is 13.8. The molecule has 5 nitrogen and oxygen atoms in total. The molecule has 0 saturated carbocycles. The predicted octanol–water partition coefficient (Wildman–Crippen LogP) is 2.88. The van der Waals surface area contributed by atoms with Crippen LogP contribution in [0, 0.1) is 0 Å². The summed E-state index contributed by atoms with van der Waals surface area (Å²) in [6.07, 6.45) is 0.941. The first-order valence-corrected chi connectivity index (χ1v) is 6.66. The first kappa shape index (κ1) is 13.4. The molecule has 0 aliphatic rings. The van der Waals surface area contributed by atoms with E-state index in [-0.39, 0.29) is 10.8 Å². The van der Waals surface area contributed by atoms with E-state index in [2.05, 4.69) is 4.98 Å². The van der Waals surface area contributed by atoms with Crippen LogP contribution in [-0.4, -0.2) is 22.7 Å². The molecule has 1 aromatic carbocycles. The third-order valence-electron chi connectivity index (χ3n) is 2.44. The molecule has 0 saturated heterocycles. The maximum absolute atomic E-state index is 11.1. The predicted molar refractivity (Wildman–Crippen MR) is 74.7 cm³/mol. The number of hydrogen-bond donors (Lipinski definition) is 2. The fourth-order valence-corrected chi connectivity index (χ4v) is 2.43. The Kier molecular flexibility index (Phi) is 4.01. The van der Waals surface area contributed by atoms with Crippen molar-refractivity contribution in [3.05, 3.63) is 30.0 Å². The molecule has 0 spiro atoms. The molecule has 0 atom stereocenters. The van der Waals surface area contributed by atoms with Crippen LogP contribution in [0.5, 0.6) is 5.75 Å². The average Bonchev–Trinajstić information content (AvgIpc) is 2.79. The molecule has 0 amide bonds. The van der Waals surface area contributed by atoms with Gasteiger partial charge < -0.3 is 15.6 Å². The van der Waals surface area contributed by atoms with E-state index in [9.17, 15) is 4.79 Å². The number of carboxylic acid groups (broad SMARTS) is 1. The summed E-state index contributed by atoms with van der Waals surface area (Å²) in [5, 5.41) is 9.32. The number of rotatable bonds is 5. The number of benzene rings is 1. The van der Waals surface area contributed by atoms with Gasteiger partial charge in [0.25, 0.3) is 0 Å². The summed E-state index contributed by atoms with van der Waals surface area (Å²) in [5.41, 5.74) is 6.33. The van der Waals surface area contributed by atoms with Gasteiger partial charge in [-0.25, -0.2) is 9.78 Å². The van der Waals surface area contributed by atoms with E-state index in [1.54, 1.807) is 0 Å². The molecule has 2 rings (SSSR count). The lowest BCUT2D eigenvalue weighted by Gasteiger charge is -2.05. The van der Waals surface area contributed by atoms with Crippen LogP contribution in [0.25, 0.3) is 10.4 Å². The summed E-state index contributed by atoms with van der Waals surface area (Å²) in [6, 6.07) is 7.24. The van der Waals surface area contributed by atoms with Crippen LogP contribution in [0.4, 0.5) is 5.13 Å². The zero-order valence-electron chi connectivity index (χ0n) is 10.4. The fourth-order valence-electron chi connectivity index (χ4n) is 1.60. The Morgan fingerprint density at radius 2 is 2.11 bits per heavy atom. The lowest BCUT2D eigenvalue weighted by atomic mass is 10.1. The van der Waals surface area contributed by atoms with Gasteiger partial charge in [-0.05, 0) is 36.2 Å². The molecular weight excluding hydrogens is 264 g/mol. The molecule has 3 N–H and O–H groups in total. The minimum atomic E-state index is -1.07. The molecule has 0 radical (unpaired) electrons. The van der Waals surface area contributed by atoms with Gasteiger partial charge in [-0.3, -0.25) is 0 Å². The highest BCUT2D eigenvalue weighted by molar-refractivity contribution is 7.19. The van der Waals surface area contributed by atoms with E-state index in [0.717, 1.165) is 29.1 Å². The van der Waals surface area contributed by atoms with Gasteiger partial charge in [0.1, 0.15) is 5.75 Å². The average molecular weight is 278 g/mol. The van der Waals surface area contributed by atoms with Crippen LogP contribution in [0.2, 0.25) is 0 Å². The number of hydrogen-bond acceptors (Lipinski definition) is 5. The van der Waals surface area contributed by atoms with Gasteiger partial charge >= 0.3 is 5.97 Å². The Morgan fingerprint density at radius 1 is 1.42 bits per heavy atom. The van der Waals surface area contributed by atoms with Gasteiger partial charge in [-0.2, -0.15) is 0 Å². The summed E-state index contributed by atoms with van der Waals surface area (Å²) in [5.74, 6) is -0.311. The minimum absolute atomic E-state index is 0.00951. The summed E-state index contributed by atoms with van der Waals surface area (Å²) in [7, 11) is 0. The highest BCUT2D eigenvalue weighted by atomic mass is 32.1. The van der Waals surface area contributed by atoms with Gasteiger partial charge in [-0.1, -0.05) is 18.3 Å². The Hall–Kier alpha value is -2.08. The Balaban J connectivity index is 2.29. The Labute approximate surface area is 114 Å². The van der Waals surface area contributed by atoms with Gasteiger partial charge in [0.15, 0.2) is 10.8 Å². The molecular formula is C13H14N2O3S. The molecule has 2 aromatic rings. The molecule has 0 aliphatic heterocycles. The van der Waals surface area contributed by atoms with Crippen molar-refractivity contribution < 1.29 is 14.6 Å². The molecule has 0 aliphatic carbocycles. The highest BCUT2D eigenvalue weighted by Crippen LogP contribution is 2.32. The first-order chi connectivity index (χ1) is 9.11. The van der Waals surface area contributed by atoms with Crippen molar-refractivity contribution in [2.24, 2.45) is 0 Å². The van der Waals surface area contributed by atoms with Crippen molar-refractivity contribution in [3.63, 3.8) is 0 Å². The van der Waals surface area contributed by atoms with E-state index >= 15 is 0 Å². The van der Waals surface area contributed by atoms with Gasteiger partial charge in [0, 0.05) is 0 Å². The van der Waals surface area contributed by atoms with E-state index < -0.39 is 5.97 Å².